The maximum Gasteiger partial charge on any atom is 0.345 e. The molecular formula is C19H21N3O4. The molecule has 1 aliphatic carbocycles. The summed E-state index contributed by atoms with van der Waals surface area (Å²) in [5.41, 5.74) is 7.26. The van der Waals surface area contributed by atoms with Gasteiger partial charge in [0.05, 0.1) is 5.69 Å². The number of fused-ring (bicyclic) bond motifs is 1. The number of benzene rings is 1. The Morgan fingerprint density at radius 1 is 1.27 bits per heavy atom. The zero-order chi connectivity index (χ0) is 18.6. The highest BCUT2D eigenvalue weighted by atomic mass is 16.4. The number of anilines is 1. The molecule has 3 atom stereocenters. The van der Waals surface area contributed by atoms with Crippen LogP contribution in [0.1, 0.15) is 22.8 Å². The maximum atomic E-state index is 12.1. The smallest absolute Gasteiger partial charge is 0.345 e. The van der Waals surface area contributed by atoms with E-state index < -0.39 is 22.8 Å². The molecule has 1 aromatic carbocycles. The largest absolute Gasteiger partial charge is 0.506 e. The molecule has 1 aromatic heterocycles. The number of rotatable bonds is 4. The fourth-order valence-electron chi connectivity index (χ4n) is 4.04. The van der Waals surface area contributed by atoms with Crippen molar-refractivity contribution < 1.29 is 15.0 Å². The van der Waals surface area contributed by atoms with Gasteiger partial charge in [-0.15, -0.1) is 0 Å². The number of aromatic nitrogens is 1. The quantitative estimate of drug-likeness (QED) is 0.658. The Labute approximate surface area is 150 Å². The van der Waals surface area contributed by atoms with Crippen molar-refractivity contribution in [1.29, 1.82) is 0 Å². The predicted octanol–water partition coefficient (Wildman–Crippen LogP) is 1.40. The van der Waals surface area contributed by atoms with E-state index in [9.17, 15) is 14.7 Å². The fraction of sp³-hybridized carbons (Fsp3) is 0.368. The first kappa shape index (κ1) is 16.7. The predicted molar refractivity (Wildman–Crippen MR) is 97.7 cm³/mol. The van der Waals surface area contributed by atoms with Crippen molar-refractivity contribution in [3.63, 3.8) is 0 Å². The summed E-state index contributed by atoms with van der Waals surface area (Å²) in [7, 11) is 0. The number of carbonyl (C=O) groups is 1. The first-order valence-corrected chi connectivity index (χ1v) is 8.74. The molecule has 0 amide bonds. The fourth-order valence-corrected chi connectivity index (χ4v) is 4.04. The second-order valence-corrected chi connectivity index (χ2v) is 7.05. The lowest BCUT2D eigenvalue weighted by molar-refractivity contribution is 0.0691. The molecule has 2 heterocycles. The number of piperidine rings is 1. The van der Waals surface area contributed by atoms with Crippen molar-refractivity contribution in [1.82, 2.24) is 4.98 Å². The summed E-state index contributed by atoms with van der Waals surface area (Å²) in [4.78, 5) is 28.2. The molecule has 1 saturated carbocycles. The van der Waals surface area contributed by atoms with Gasteiger partial charge in [0.15, 0.2) is 5.56 Å². The first-order chi connectivity index (χ1) is 12.4. The summed E-state index contributed by atoms with van der Waals surface area (Å²) in [6.45, 7) is 3.74. The van der Waals surface area contributed by atoms with Gasteiger partial charge in [-0.1, -0.05) is 19.1 Å². The van der Waals surface area contributed by atoms with Gasteiger partial charge in [-0.3, -0.25) is 4.79 Å². The number of hydrogen-bond acceptors (Lipinski definition) is 5. The van der Waals surface area contributed by atoms with Gasteiger partial charge in [0.2, 0.25) is 0 Å². The molecule has 4 rings (SSSR count). The Kier molecular flexibility index (Phi) is 3.77. The van der Waals surface area contributed by atoms with Crippen molar-refractivity contribution in [3.05, 3.63) is 45.7 Å². The highest BCUT2D eigenvalue weighted by Gasteiger charge is 2.53. The normalized spacial score (nSPS) is 23.8. The van der Waals surface area contributed by atoms with Gasteiger partial charge in [-0.2, -0.15) is 0 Å². The molecule has 136 valence electrons. The average Bonchev–Trinajstić information content (AvgIpc) is 3.03. The van der Waals surface area contributed by atoms with E-state index in [0.717, 1.165) is 24.3 Å². The summed E-state index contributed by atoms with van der Waals surface area (Å²) in [5, 5.41) is 19.4. The minimum atomic E-state index is -1.44. The zero-order valence-corrected chi connectivity index (χ0v) is 14.4. The SMILES string of the molecule is CCc1c(-c2ccc(N3C[C@@H]4[C@H](N)[C@@H]4C3)cc2)[nH]c(=O)c(C(=O)O)c1O. The van der Waals surface area contributed by atoms with E-state index in [1.54, 1.807) is 6.92 Å². The van der Waals surface area contributed by atoms with Crippen LogP contribution in [0.3, 0.4) is 0 Å². The number of pyridine rings is 1. The molecule has 7 nitrogen and oxygen atoms in total. The average molecular weight is 355 g/mol. The van der Waals surface area contributed by atoms with Gasteiger partial charge < -0.3 is 25.8 Å². The number of carboxylic acids is 1. The van der Waals surface area contributed by atoms with Gasteiger partial charge >= 0.3 is 5.97 Å². The number of nitrogens with zero attached hydrogens (tertiary/aromatic N) is 1. The Hall–Kier alpha value is -2.80. The second-order valence-electron chi connectivity index (χ2n) is 7.05. The standard InChI is InChI=1S/C19H21N3O4/c1-2-11-16(21-18(24)14(17(11)23)19(25)26)9-3-5-10(6-4-9)22-7-12-13(8-22)15(12)20/h3-6,12-13,15H,2,7-8,20H2,1H3,(H,25,26)(H2,21,23,24)/t12-,13+,15-. The van der Waals surface area contributed by atoms with Gasteiger partial charge in [0.1, 0.15) is 5.75 Å². The lowest BCUT2D eigenvalue weighted by Crippen LogP contribution is -2.27. The monoisotopic (exact) mass is 355 g/mol. The molecule has 5 N–H and O–H groups in total. The van der Waals surface area contributed by atoms with E-state index in [-0.39, 0.29) is 0 Å². The summed E-state index contributed by atoms with van der Waals surface area (Å²) in [6, 6.07) is 8.06. The summed E-state index contributed by atoms with van der Waals surface area (Å²) in [6.07, 6.45) is 0.396. The minimum absolute atomic E-state index is 0.346. The zero-order valence-electron chi connectivity index (χ0n) is 14.4. The number of aromatic hydroxyl groups is 1. The highest BCUT2D eigenvalue weighted by Crippen LogP contribution is 2.45. The summed E-state index contributed by atoms with van der Waals surface area (Å²) >= 11 is 0. The molecule has 7 heteroatoms. The molecule has 0 unspecified atom stereocenters. The van der Waals surface area contributed by atoms with Crippen molar-refractivity contribution in [2.24, 2.45) is 17.6 Å². The third kappa shape index (κ3) is 2.47. The number of nitrogens with two attached hydrogens (primary N) is 1. The number of aromatic carboxylic acids is 1. The minimum Gasteiger partial charge on any atom is -0.506 e. The van der Waals surface area contributed by atoms with Gasteiger partial charge in [0, 0.05) is 30.4 Å². The number of aromatic amines is 1. The Balaban J connectivity index is 1.67. The Morgan fingerprint density at radius 3 is 2.42 bits per heavy atom. The van der Waals surface area contributed by atoms with Gasteiger partial charge in [-0.05, 0) is 36.0 Å². The lowest BCUT2D eigenvalue weighted by Gasteiger charge is -2.21. The van der Waals surface area contributed by atoms with Crippen molar-refractivity contribution >= 4 is 11.7 Å². The van der Waals surface area contributed by atoms with E-state index >= 15 is 0 Å². The summed E-state index contributed by atoms with van der Waals surface area (Å²) in [5.74, 6) is -0.709. The van der Waals surface area contributed by atoms with E-state index in [0.29, 0.717) is 35.6 Å². The molecule has 0 radical (unpaired) electrons. The summed E-state index contributed by atoms with van der Waals surface area (Å²) < 4.78 is 0. The van der Waals surface area contributed by atoms with Gasteiger partial charge in [-0.25, -0.2) is 4.79 Å². The van der Waals surface area contributed by atoms with Crippen molar-refractivity contribution in [3.8, 4) is 17.0 Å². The van der Waals surface area contributed by atoms with Gasteiger partial charge in [0.25, 0.3) is 5.56 Å². The Morgan fingerprint density at radius 2 is 1.88 bits per heavy atom. The topological polar surface area (TPSA) is 120 Å². The second kappa shape index (κ2) is 5.88. The van der Waals surface area contributed by atoms with Crippen LogP contribution in [0.15, 0.2) is 29.1 Å². The maximum absolute atomic E-state index is 12.1. The molecule has 0 bridgehead atoms. The van der Waals surface area contributed by atoms with Crippen LogP contribution < -0.4 is 16.2 Å². The van der Waals surface area contributed by atoms with E-state index in [1.807, 2.05) is 24.3 Å². The highest BCUT2D eigenvalue weighted by molar-refractivity contribution is 5.92. The molecule has 2 aliphatic rings. The van der Waals surface area contributed by atoms with Crippen LogP contribution in [0.2, 0.25) is 0 Å². The van der Waals surface area contributed by atoms with E-state index in [2.05, 4.69) is 9.88 Å². The van der Waals surface area contributed by atoms with Crippen LogP contribution in [-0.4, -0.2) is 40.3 Å². The number of carboxylic acid groups (broad SMARTS) is 1. The van der Waals surface area contributed by atoms with Crippen molar-refractivity contribution in [2.45, 2.75) is 19.4 Å². The number of H-pyrrole nitrogens is 1. The third-order valence-electron chi connectivity index (χ3n) is 5.64. The van der Waals surface area contributed by atoms with Crippen LogP contribution in [0.4, 0.5) is 5.69 Å². The molecule has 2 aromatic rings. The molecule has 2 fully saturated rings. The molecule has 26 heavy (non-hydrogen) atoms. The Bertz CT molecular complexity index is 923. The molecule has 0 spiro atoms. The molecule has 1 saturated heterocycles. The lowest BCUT2D eigenvalue weighted by atomic mass is 10.0. The van der Waals surface area contributed by atoms with E-state index in [1.165, 1.54) is 0 Å². The van der Waals surface area contributed by atoms with Crippen LogP contribution in [-0.2, 0) is 6.42 Å². The first-order valence-electron chi connectivity index (χ1n) is 8.74. The van der Waals surface area contributed by atoms with Crippen molar-refractivity contribution in [2.75, 3.05) is 18.0 Å². The number of nitrogens with one attached hydrogen (secondary N) is 1. The van der Waals surface area contributed by atoms with Crippen LogP contribution in [0.25, 0.3) is 11.3 Å². The van der Waals surface area contributed by atoms with E-state index in [4.69, 9.17) is 10.8 Å². The molecular weight excluding hydrogens is 334 g/mol. The van der Waals surface area contributed by atoms with Crippen LogP contribution >= 0.6 is 0 Å². The molecule has 1 aliphatic heterocycles. The van der Waals surface area contributed by atoms with Crippen LogP contribution in [0, 0.1) is 11.8 Å². The number of hydrogen-bond donors (Lipinski definition) is 4. The third-order valence-corrected chi connectivity index (χ3v) is 5.64. The van der Waals surface area contributed by atoms with Crippen LogP contribution in [0.5, 0.6) is 5.75 Å².